The second-order valence-electron chi connectivity index (χ2n) is 11.0. The van der Waals surface area contributed by atoms with Crippen molar-refractivity contribution in [3.8, 4) is 0 Å². The van der Waals surface area contributed by atoms with Gasteiger partial charge in [-0.05, 0) is 52.4 Å². The van der Waals surface area contributed by atoms with E-state index < -0.39 is 52.1 Å². The van der Waals surface area contributed by atoms with Crippen molar-refractivity contribution in [2.75, 3.05) is 5.88 Å². The number of ketones is 1. The maximum absolute atomic E-state index is 17.2. The zero-order chi connectivity index (χ0) is 22.6. The van der Waals surface area contributed by atoms with Gasteiger partial charge in [0, 0.05) is 16.7 Å². The van der Waals surface area contributed by atoms with Crippen molar-refractivity contribution in [1.82, 2.24) is 0 Å². The molecule has 5 nitrogen and oxygen atoms in total. The molecule has 1 unspecified atom stereocenters. The summed E-state index contributed by atoms with van der Waals surface area (Å²) in [5.41, 5.74) is -4.16. The lowest BCUT2D eigenvalue weighted by atomic mass is 9.44. The summed E-state index contributed by atoms with van der Waals surface area (Å²) in [5, 5.41) is 21.5. The fraction of sp³-hybridized carbons (Fsp3) is 0.792. The highest BCUT2D eigenvalue weighted by molar-refractivity contribution is 6.29. The number of aliphatic hydroxyl groups excluding tert-OH is 2. The van der Waals surface area contributed by atoms with Gasteiger partial charge in [0.05, 0.1) is 24.2 Å². The van der Waals surface area contributed by atoms with E-state index in [0.29, 0.717) is 19.3 Å². The quantitative estimate of drug-likeness (QED) is 0.493. The maximum atomic E-state index is 17.2. The van der Waals surface area contributed by atoms with Crippen LogP contribution in [0.25, 0.3) is 0 Å². The maximum Gasteiger partial charge on any atom is 0.182 e. The molecule has 0 aromatic carbocycles. The molecule has 0 spiro atoms. The van der Waals surface area contributed by atoms with E-state index in [9.17, 15) is 15.0 Å². The Hall–Kier alpha value is -0.790. The van der Waals surface area contributed by atoms with Crippen LogP contribution in [0.4, 0.5) is 4.39 Å². The molecule has 5 rings (SSSR count). The van der Waals surface area contributed by atoms with E-state index in [1.54, 1.807) is 32.1 Å². The number of halogens is 2. The van der Waals surface area contributed by atoms with E-state index in [2.05, 4.69) is 0 Å². The topological polar surface area (TPSA) is 76.0 Å². The summed E-state index contributed by atoms with van der Waals surface area (Å²) in [7, 11) is 0. The minimum atomic E-state index is -1.91. The summed E-state index contributed by atoms with van der Waals surface area (Å²) in [4.78, 5) is 13.3. The predicted octanol–water partition coefficient (Wildman–Crippen LogP) is 3.46. The van der Waals surface area contributed by atoms with Crippen LogP contribution in [0.3, 0.4) is 0 Å². The van der Waals surface area contributed by atoms with Gasteiger partial charge in [-0.15, -0.1) is 11.6 Å². The molecule has 1 saturated heterocycles. The highest BCUT2D eigenvalue weighted by Crippen LogP contribution is 2.72. The molecular formula is C24H32ClFO5. The molecule has 31 heavy (non-hydrogen) atoms. The first-order valence-corrected chi connectivity index (χ1v) is 11.8. The summed E-state index contributed by atoms with van der Waals surface area (Å²) < 4.78 is 29.7. The van der Waals surface area contributed by atoms with Crippen molar-refractivity contribution in [3.63, 3.8) is 0 Å². The molecule has 9 atom stereocenters. The Labute approximate surface area is 187 Å². The first-order valence-electron chi connectivity index (χ1n) is 11.3. The van der Waals surface area contributed by atoms with Gasteiger partial charge in [0.1, 0.15) is 0 Å². The first kappa shape index (κ1) is 22.0. The SMILES string of the molecule is CC1(C)O[C@@H]2C[C@H]3[C@@H]4CCC5=CC(O)C=C[C@]5(C)[C@@]4(F)[C@@H](O)C[C@]3(C)[C@]2(C(=O)CCl)O1. The van der Waals surface area contributed by atoms with Crippen LogP contribution in [0, 0.1) is 22.7 Å². The molecule has 0 aromatic rings. The lowest BCUT2D eigenvalue weighted by molar-refractivity contribution is -0.245. The van der Waals surface area contributed by atoms with Gasteiger partial charge >= 0.3 is 0 Å². The Morgan fingerprint density at radius 2 is 1.97 bits per heavy atom. The van der Waals surface area contributed by atoms with E-state index in [4.69, 9.17) is 21.1 Å². The van der Waals surface area contributed by atoms with Gasteiger partial charge in [-0.3, -0.25) is 4.79 Å². The van der Waals surface area contributed by atoms with Crippen molar-refractivity contribution in [1.29, 1.82) is 0 Å². The molecule has 2 N–H and O–H groups in total. The summed E-state index contributed by atoms with van der Waals surface area (Å²) in [6.07, 6.45) is 4.27. The summed E-state index contributed by atoms with van der Waals surface area (Å²) in [5.74, 6) is -2.09. The third-order valence-corrected chi connectivity index (χ3v) is 9.51. The van der Waals surface area contributed by atoms with E-state index in [0.717, 1.165) is 5.57 Å². The largest absolute Gasteiger partial charge is 0.390 e. The highest BCUT2D eigenvalue weighted by Gasteiger charge is 2.79. The molecule has 172 valence electrons. The van der Waals surface area contributed by atoms with Crippen molar-refractivity contribution in [3.05, 3.63) is 23.8 Å². The van der Waals surface area contributed by atoms with E-state index in [1.807, 2.05) is 13.8 Å². The fourth-order valence-corrected chi connectivity index (χ4v) is 8.22. The van der Waals surface area contributed by atoms with Crippen LogP contribution >= 0.6 is 11.6 Å². The average Bonchev–Trinajstić information content (AvgIpc) is 3.09. The summed E-state index contributed by atoms with van der Waals surface area (Å²) >= 11 is 6.05. The summed E-state index contributed by atoms with van der Waals surface area (Å²) in [6.45, 7) is 7.33. The van der Waals surface area contributed by atoms with Gasteiger partial charge < -0.3 is 19.7 Å². The van der Waals surface area contributed by atoms with Gasteiger partial charge in [-0.1, -0.05) is 30.7 Å². The number of carbonyl (C=O) groups is 1. The van der Waals surface area contributed by atoms with Crippen molar-refractivity contribution >= 4 is 17.4 Å². The van der Waals surface area contributed by atoms with Crippen LogP contribution in [0.5, 0.6) is 0 Å². The number of alkyl halides is 2. The molecule has 5 aliphatic rings. The third kappa shape index (κ3) is 2.44. The number of aliphatic hydroxyl groups is 2. The monoisotopic (exact) mass is 454 g/mol. The molecule has 4 fully saturated rings. The third-order valence-electron chi connectivity index (χ3n) is 9.27. The molecule has 3 saturated carbocycles. The number of hydrogen-bond donors (Lipinski definition) is 2. The van der Waals surface area contributed by atoms with Gasteiger partial charge in [-0.25, -0.2) is 4.39 Å². The molecule has 1 heterocycles. The normalized spacial score (nSPS) is 54.5. The van der Waals surface area contributed by atoms with Gasteiger partial charge in [0.2, 0.25) is 0 Å². The Morgan fingerprint density at radius 3 is 2.65 bits per heavy atom. The number of ether oxygens (including phenoxy) is 2. The molecule has 0 bridgehead atoms. The van der Waals surface area contributed by atoms with E-state index >= 15 is 4.39 Å². The molecule has 0 aromatic heterocycles. The number of Topliss-reactive ketones (excluding diaryl/α,β-unsaturated/α-hetero) is 1. The standard InChI is InChI=1S/C24H32ClFO5/c1-20(2)30-19-10-16-15-6-5-13-9-14(27)7-8-21(13,3)23(15,26)17(28)11-22(16,4)24(19,31-20)18(29)12-25/h7-9,14-17,19,27-28H,5-6,10-12H2,1-4H3/t14?,15-,16-,17-,19+,21-,22-,23-,24+/m0/s1. The van der Waals surface area contributed by atoms with E-state index in [1.165, 1.54) is 0 Å². The van der Waals surface area contributed by atoms with Gasteiger partial charge in [0.15, 0.2) is 22.8 Å². The minimum Gasteiger partial charge on any atom is -0.390 e. The molecule has 1 aliphatic heterocycles. The Balaban J connectivity index is 1.63. The highest BCUT2D eigenvalue weighted by atomic mass is 35.5. The van der Waals surface area contributed by atoms with Crippen LogP contribution in [-0.4, -0.2) is 57.2 Å². The number of carbonyl (C=O) groups excluding carboxylic acids is 1. The van der Waals surface area contributed by atoms with Crippen LogP contribution in [-0.2, 0) is 14.3 Å². The van der Waals surface area contributed by atoms with Crippen molar-refractivity contribution < 1.29 is 28.9 Å². The van der Waals surface area contributed by atoms with Crippen LogP contribution < -0.4 is 0 Å². The number of hydrogen-bond acceptors (Lipinski definition) is 5. The lowest BCUT2D eigenvalue weighted by Crippen LogP contribution is -2.69. The Morgan fingerprint density at radius 1 is 1.26 bits per heavy atom. The Kier molecular flexibility index (Phi) is 4.56. The smallest absolute Gasteiger partial charge is 0.182 e. The molecular weight excluding hydrogens is 423 g/mol. The number of rotatable bonds is 2. The molecule has 0 radical (unpaired) electrons. The minimum absolute atomic E-state index is 0.0858. The van der Waals surface area contributed by atoms with Crippen molar-refractivity contribution in [2.24, 2.45) is 22.7 Å². The van der Waals surface area contributed by atoms with Gasteiger partial charge in [0.25, 0.3) is 0 Å². The van der Waals surface area contributed by atoms with Crippen molar-refractivity contribution in [2.45, 2.75) is 88.7 Å². The number of fused-ring (bicyclic) bond motifs is 7. The predicted molar refractivity (Wildman–Crippen MR) is 113 cm³/mol. The molecule has 7 heteroatoms. The first-order chi connectivity index (χ1) is 14.4. The zero-order valence-corrected chi connectivity index (χ0v) is 19.3. The second-order valence-corrected chi connectivity index (χ2v) is 11.3. The van der Waals surface area contributed by atoms with Gasteiger partial charge in [-0.2, -0.15) is 0 Å². The fourth-order valence-electron chi connectivity index (χ4n) is 8.03. The second kappa shape index (κ2) is 6.41. The molecule has 0 amide bonds. The summed E-state index contributed by atoms with van der Waals surface area (Å²) in [6, 6.07) is 0. The number of allylic oxidation sites excluding steroid dienone is 2. The van der Waals surface area contributed by atoms with E-state index in [-0.39, 0.29) is 24.0 Å². The Bertz CT molecular complexity index is 887. The zero-order valence-electron chi connectivity index (χ0n) is 18.5. The van der Waals surface area contributed by atoms with Crippen LogP contribution in [0.1, 0.15) is 53.4 Å². The lowest BCUT2D eigenvalue weighted by Gasteiger charge is -2.63. The van der Waals surface area contributed by atoms with Crippen LogP contribution in [0.2, 0.25) is 0 Å². The van der Waals surface area contributed by atoms with Crippen LogP contribution in [0.15, 0.2) is 23.8 Å². The average molecular weight is 455 g/mol. The molecule has 4 aliphatic carbocycles.